The van der Waals surface area contributed by atoms with Gasteiger partial charge in [0.1, 0.15) is 5.82 Å². The van der Waals surface area contributed by atoms with E-state index in [1.807, 2.05) is 6.92 Å². The molecule has 0 spiro atoms. The second-order valence-corrected chi connectivity index (χ2v) is 8.02. The SMILES string of the molecule is CCN1CCN(C(c2cccs2)c2sc3nc(C)nn3c2O)CC1. The standard InChI is InChI=1S/C16H21N5OS2/c1-3-19-6-8-20(9-7-19)13(12-5-4-10-23-12)14-15(22)21-16(24-14)17-11(2)18-21/h4-5,10,13,22H,3,6-9H2,1-2H3. The van der Waals surface area contributed by atoms with E-state index in [0.717, 1.165) is 42.6 Å². The highest BCUT2D eigenvalue weighted by Crippen LogP contribution is 2.41. The van der Waals surface area contributed by atoms with E-state index in [-0.39, 0.29) is 11.9 Å². The number of likely N-dealkylation sites (N-methyl/N-ethyl adjacent to an activating group) is 1. The number of hydrogen-bond acceptors (Lipinski definition) is 7. The molecule has 1 atom stereocenters. The van der Waals surface area contributed by atoms with E-state index in [0.29, 0.717) is 5.82 Å². The minimum absolute atomic E-state index is 0.0813. The lowest BCUT2D eigenvalue weighted by atomic mass is 10.1. The Bertz CT molecular complexity index is 817. The number of aromatic nitrogens is 3. The highest BCUT2D eigenvalue weighted by atomic mass is 32.1. The van der Waals surface area contributed by atoms with Gasteiger partial charge in [-0.1, -0.05) is 24.3 Å². The highest BCUT2D eigenvalue weighted by molar-refractivity contribution is 7.17. The smallest absolute Gasteiger partial charge is 0.230 e. The molecule has 3 aromatic heterocycles. The quantitative estimate of drug-likeness (QED) is 0.772. The van der Waals surface area contributed by atoms with Gasteiger partial charge in [0.05, 0.1) is 10.9 Å². The number of thiazole rings is 1. The predicted octanol–water partition coefficient (Wildman–Crippen LogP) is 2.59. The third kappa shape index (κ3) is 2.73. The van der Waals surface area contributed by atoms with Crippen molar-refractivity contribution in [3.05, 3.63) is 33.1 Å². The van der Waals surface area contributed by atoms with Gasteiger partial charge in [-0.3, -0.25) is 4.90 Å². The van der Waals surface area contributed by atoms with E-state index < -0.39 is 0 Å². The number of aryl methyl sites for hydroxylation is 1. The zero-order valence-corrected chi connectivity index (χ0v) is 15.5. The van der Waals surface area contributed by atoms with Gasteiger partial charge in [-0.2, -0.15) is 4.52 Å². The molecule has 1 N–H and O–H groups in total. The second-order valence-electron chi connectivity index (χ2n) is 6.03. The minimum atomic E-state index is 0.0813. The summed E-state index contributed by atoms with van der Waals surface area (Å²) in [5, 5.41) is 17.1. The normalized spacial score (nSPS) is 18.4. The van der Waals surface area contributed by atoms with Crippen molar-refractivity contribution in [2.45, 2.75) is 19.9 Å². The fourth-order valence-corrected chi connectivity index (χ4v) is 5.38. The van der Waals surface area contributed by atoms with Gasteiger partial charge in [-0.15, -0.1) is 16.4 Å². The van der Waals surface area contributed by atoms with Crippen LogP contribution in [0.5, 0.6) is 5.88 Å². The number of nitrogens with zero attached hydrogens (tertiary/aromatic N) is 5. The van der Waals surface area contributed by atoms with Crippen molar-refractivity contribution >= 4 is 27.6 Å². The van der Waals surface area contributed by atoms with Gasteiger partial charge in [0, 0.05) is 31.1 Å². The van der Waals surface area contributed by atoms with E-state index in [4.69, 9.17) is 0 Å². The molecule has 8 heteroatoms. The van der Waals surface area contributed by atoms with Crippen LogP contribution in [-0.4, -0.2) is 62.2 Å². The summed E-state index contributed by atoms with van der Waals surface area (Å²) in [6, 6.07) is 4.31. The number of thiophene rings is 1. The van der Waals surface area contributed by atoms with Gasteiger partial charge < -0.3 is 10.0 Å². The number of aromatic hydroxyl groups is 1. The third-order valence-corrected chi connectivity index (χ3v) is 6.58. The molecule has 3 aromatic rings. The topological polar surface area (TPSA) is 56.9 Å². The van der Waals surface area contributed by atoms with Crippen molar-refractivity contribution in [3.8, 4) is 5.88 Å². The first-order chi connectivity index (χ1) is 11.7. The first-order valence-corrected chi connectivity index (χ1v) is 9.92. The first kappa shape index (κ1) is 16.0. The molecule has 24 heavy (non-hydrogen) atoms. The summed E-state index contributed by atoms with van der Waals surface area (Å²) in [5.74, 6) is 0.916. The summed E-state index contributed by atoms with van der Waals surface area (Å²) in [6.07, 6.45) is 0. The van der Waals surface area contributed by atoms with Crippen LogP contribution in [0, 0.1) is 6.92 Å². The molecule has 0 saturated carbocycles. The molecule has 0 aromatic carbocycles. The maximum absolute atomic E-state index is 10.7. The summed E-state index contributed by atoms with van der Waals surface area (Å²) in [7, 11) is 0. The van der Waals surface area contributed by atoms with Crippen LogP contribution in [0.25, 0.3) is 4.96 Å². The summed E-state index contributed by atoms with van der Waals surface area (Å²) >= 11 is 3.28. The van der Waals surface area contributed by atoms with Crippen LogP contribution in [0.4, 0.5) is 0 Å². The Morgan fingerprint density at radius 2 is 2.08 bits per heavy atom. The van der Waals surface area contributed by atoms with E-state index in [1.165, 1.54) is 4.88 Å². The Morgan fingerprint density at radius 3 is 2.71 bits per heavy atom. The molecule has 0 amide bonds. The number of piperazine rings is 1. The molecule has 6 nitrogen and oxygen atoms in total. The Morgan fingerprint density at radius 1 is 1.29 bits per heavy atom. The van der Waals surface area contributed by atoms with E-state index in [2.05, 4.69) is 44.3 Å². The van der Waals surface area contributed by atoms with Gasteiger partial charge in [0.25, 0.3) is 0 Å². The first-order valence-electron chi connectivity index (χ1n) is 8.22. The Balaban J connectivity index is 1.72. The maximum Gasteiger partial charge on any atom is 0.230 e. The van der Waals surface area contributed by atoms with Gasteiger partial charge >= 0.3 is 0 Å². The second kappa shape index (κ2) is 6.44. The predicted molar refractivity (Wildman–Crippen MR) is 97.1 cm³/mol. The van der Waals surface area contributed by atoms with Gasteiger partial charge in [-0.25, -0.2) is 4.98 Å². The monoisotopic (exact) mass is 363 g/mol. The van der Waals surface area contributed by atoms with Crippen molar-refractivity contribution in [1.82, 2.24) is 24.4 Å². The van der Waals surface area contributed by atoms with Crippen LogP contribution in [0.15, 0.2) is 17.5 Å². The number of fused-ring (bicyclic) bond motifs is 1. The summed E-state index contributed by atoms with van der Waals surface area (Å²) in [4.78, 5) is 12.3. The average Bonchev–Trinajstić information content (AvgIpc) is 3.29. The van der Waals surface area contributed by atoms with Crippen LogP contribution < -0.4 is 0 Å². The molecule has 4 rings (SSSR count). The summed E-state index contributed by atoms with van der Waals surface area (Å²) in [6.45, 7) is 9.29. The summed E-state index contributed by atoms with van der Waals surface area (Å²) < 4.78 is 1.57. The number of rotatable bonds is 4. The Kier molecular flexibility index (Phi) is 4.29. The lowest BCUT2D eigenvalue weighted by molar-refractivity contribution is 0.114. The zero-order chi connectivity index (χ0) is 16.7. The zero-order valence-electron chi connectivity index (χ0n) is 13.8. The Labute approximate surface area is 149 Å². The lowest BCUT2D eigenvalue weighted by Gasteiger charge is -2.38. The van der Waals surface area contributed by atoms with Crippen LogP contribution >= 0.6 is 22.7 Å². The molecule has 0 bridgehead atoms. The molecule has 1 aliphatic rings. The fraction of sp³-hybridized carbons (Fsp3) is 0.500. The van der Waals surface area contributed by atoms with Crippen molar-refractivity contribution in [2.24, 2.45) is 0 Å². The molecule has 1 saturated heterocycles. The van der Waals surface area contributed by atoms with E-state index in [9.17, 15) is 5.11 Å². The van der Waals surface area contributed by atoms with Gasteiger partial charge in [0.15, 0.2) is 0 Å². The van der Waals surface area contributed by atoms with Crippen molar-refractivity contribution in [3.63, 3.8) is 0 Å². The number of hydrogen-bond donors (Lipinski definition) is 1. The molecule has 128 valence electrons. The van der Waals surface area contributed by atoms with Crippen LogP contribution in [0.3, 0.4) is 0 Å². The van der Waals surface area contributed by atoms with E-state index in [1.54, 1.807) is 27.2 Å². The van der Waals surface area contributed by atoms with Crippen molar-refractivity contribution < 1.29 is 5.11 Å². The maximum atomic E-state index is 10.7. The molecule has 0 aliphatic carbocycles. The summed E-state index contributed by atoms with van der Waals surface area (Å²) in [5.41, 5.74) is 0. The van der Waals surface area contributed by atoms with Crippen molar-refractivity contribution in [2.75, 3.05) is 32.7 Å². The van der Waals surface area contributed by atoms with Crippen LogP contribution in [0.2, 0.25) is 0 Å². The highest BCUT2D eigenvalue weighted by Gasteiger charge is 2.31. The molecule has 4 heterocycles. The minimum Gasteiger partial charge on any atom is -0.492 e. The molecule has 1 fully saturated rings. The lowest BCUT2D eigenvalue weighted by Crippen LogP contribution is -2.47. The van der Waals surface area contributed by atoms with Crippen molar-refractivity contribution in [1.29, 1.82) is 0 Å². The van der Waals surface area contributed by atoms with Crippen LogP contribution in [-0.2, 0) is 0 Å². The molecule has 1 unspecified atom stereocenters. The van der Waals surface area contributed by atoms with Gasteiger partial charge in [-0.05, 0) is 24.9 Å². The molecular formula is C16H21N5OS2. The fourth-order valence-electron chi connectivity index (χ4n) is 3.29. The molecule has 0 radical (unpaired) electrons. The molecule has 1 aliphatic heterocycles. The molecular weight excluding hydrogens is 342 g/mol. The largest absolute Gasteiger partial charge is 0.492 e. The average molecular weight is 364 g/mol. The van der Waals surface area contributed by atoms with E-state index >= 15 is 0 Å². The Hall–Kier alpha value is -1.48. The van der Waals surface area contributed by atoms with Gasteiger partial charge in [0.2, 0.25) is 10.8 Å². The van der Waals surface area contributed by atoms with Crippen LogP contribution in [0.1, 0.15) is 28.5 Å². The third-order valence-electron chi connectivity index (χ3n) is 4.59.